The van der Waals surface area contributed by atoms with Gasteiger partial charge in [0, 0.05) is 18.4 Å². The highest BCUT2D eigenvalue weighted by molar-refractivity contribution is 9.10. The molecule has 2 rings (SSSR count). The maximum Gasteiger partial charge on any atom is 0.267 e. The van der Waals surface area contributed by atoms with E-state index in [4.69, 9.17) is 5.73 Å². The Morgan fingerprint density at radius 1 is 1.42 bits per heavy atom. The summed E-state index contributed by atoms with van der Waals surface area (Å²) in [4.78, 5) is 16.1. The van der Waals surface area contributed by atoms with Gasteiger partial charge in [0.15, 0.2) is 0 Å². The third-order valence-corrected chi connectivity index (χ3v) is 3.55. The van der Waals surface area contributed by atoms with Crippen LogP contribution in [0.4, 0.5) is 5.69 Å². The van der Waals surface area contributed by atoms with Gasteiger partial charge < -0.3 is 5.73 Å². The molecule has 0 fully saturated rings. The van der Waals surface area contributed by atoms with Gasteiger partial charge in [-0.3, -0.25) is 9.36 Å². The lowest BCUT2D eigenvalue weighted by molar-refractivity contribution is 0.590. The van der Waals surface area contributed by atoms with Crippen molar-refractivity contribution in [2.24, 2.45) is 0 Å². The van der Waals surface area contributed by atoms with Crippen LogP contribution in [0.5, 0.6) is 0 Å². The fraction of sp³-hybridized carbons (Fsp3) is 0.286. The van der Waals surface area contributed by atoms with E-state index in [0.717, 1.165) is 24.4 Å². The van der Waals surface area contributed by atoms with Gasteiger partial charge in [0.05, 0.1) is 0 Å². The highest BCUT2D eigenvalue weighted by Gasteiger charge is 2.05. The summed E-state index contributed by atoms with van der Waals surface area (Å²) in [5, 5.41) is 0. The van der Waals surface area contributed by atoms with Gasteiger partial charge in [-0.1, -0.05) is 12.1 Å². The van der Waals surface area contributed by atoms with Crippen LogP contribution >= 0.6 is 15.9 Å². The summed E-state index contributed by atoms with van der Waals surface area (Å²) in [6, 6.07) is 7.83. The lowest BCUT2D eigenvalue weighted by atomic mass is 10.1. The molecule has 0 saturated carbocycles. The molecule has 5 heteroatoms. The number of hydrogen-bond acceptors (Lipinski definition) is 3. The quantitative estimate of drug-likeness (QED) is 0.880. The molecule has 0 radical (unpaired) electrons. The molecule has 0 aliphatic heterocycles. The van der Waals surface area contributed by atoms with Crippen molar-refractivity contribution in [3.05, 3.63) is 56.7 Å². The molecule has 1 aromatic carbocycles. The molecule has 4 nitrogen and oxygen atoms in total. The minimum absolute atomic E-state index is 0.0277. The largest absolute Gasteiger partial charge is 0.399 e. The number of hydrogen-bond donors (Lipinski definition) is 1. The molecule has 0 aliphatic carbocycles. The predicted octanol–water partition coefficient (Wildman–Crippen LogP) is 2.53. The minimum atomic E-state index is -0.0277. The molecule has 2 aromatic rings. The first-order valence-electron chi connectivity index (χ1n) is 6.14. The number of nitrogens with zero attached hydrogens (tertiary/aromatic N) is 2. The van der Waals surface area contributed by atoms with E-state index in [2.05, 4.69) is 20.9 Å². The lowest BCUT2D eigenvalue weighted by Crippen LogP contribution is -2.24. The molecule has 0 spiro atoms. The standard InChI is InChI=1S/C14H16BrN3O/c1-10-17-9-13(15)14(19)18(10)7-3-5-11-4-2-6-12(16)8-11/h2,4,6,8-9H,3,5,7,16H2,1H3. The summed E-state index contributed by atoms with van der Waals surface area (Å²) in [7, 11) is 0. The van der Waals surface area contributed by atoms with Gasteiger partial charge in [-0.15, -0.1) is 0 Å². The average Bonchev–Trinajstić information content (AvgIpc) is 2.38. The molecule has 100 valence electrons. The third-order valence-electron chi connectivity index (χ3n) is 3.00. The molecule has 0 unspecified atom stereocenters. The molecule has 0 atom stereocenters. The molecule has 1 heterocycles. The Morgan fingerprint density at radius 2 is 2.21 bits per heavy atom. The first-order valence-corrected chi connectivity index (χ1v) is 6.93. The van der Waals surface area contributed by atoms with Crippen molar-refractivity contribution in [1.82, 2.24) is 9.55 Å². The maximum absolute atomic E-state index is 11.9. The number of halogens is 1. The summed E-state index contributed by atoms with van der Waals surface area (Å²) in [5.41, 5.74) is 7.67. The van der Waals surface area contributed by atoms with Crippen molar-refractivity contribution < 1.29 is 0 Å². The van der Waals surface area contributed by atoms with Gasteiger partial charge in [-0.25, -0.2) is 4.98 Å². The Bertz CT molecular complexity index is 637. The number of anilines is 1. The summed E-state index contributed by atoms with van der Waals surface area (Å²) >= 11 is 3.21. The fourth-order valence-electron chi connectivity index (χ4n) is 2.00. The van der Waals surface area contributed by atoms with Gasteiger partial charge in [0.1, 0.15) is 10.3 Å². The van der Waals surface area contributed by atoms with Crippen molar-refractivity contribution in [2.45, 2.75) is 26.3 Å². The van der Waals surface area contributed by atoms with Crippen molar-refractivity contribution in [3.63, 3.8) is 0 Å². The number of benzene rings is 1. The Labute approximate surface area is 120 Å². The van der Waals surface area contributed by atoms with Crippen molar-refractivity contribution >= 4 is 21.6 Å². The average molecular weight is 322 g/mol. The van der Waals surface area contributed by atoms with E-state index >= 15 is 0 Å². The molecule has 19 heavy (non-hydrogen) atoms. The van der Waals surface area contributed by atoms with E-state index in [0.29, 0.717) is 11.0 Å². The van der Waals surface area contributed by atoms with Crippen LogP contribution in [0.1, 0.15) is 17.8 Å². The van der Waals surface area contributed by atoms with Gasteiger partial charge in [0.25, 0.3) is 5.56 Å². The van der Waals surface area contributed by atoms with Crippen LogP contribution in [0.25, 0.3) is 0 Å². The van der Waals surface area contributed by atoms with Crippen LogP contribution in [0.15, 0.2) is 39.7 Å². The second kappa shape index (κ2) is 6.02. The summed E-state index contributed by atoms with van der Waals surface area (Å²) < 4.78 is 2.19. The fourth-order valence-corrected chi connectivity index (χ4v) is 2.32. The number of aromatic nitrogens is 2. The molecule has 2 N–H and O–H groups in total. The molecular weight excluding hydrogens is 306 g/mol. The first-order chi connectivity index (χ1) is 9.08. The molecule has 0 aliphatic rings. The SMILES string of the molecule is Cc1ncc(Br)c(=O)n1CCCc1cccc(N)c1. The monoisotopic (exact) mass is 321 g/mol. The lowest BCUT2D eigenvalue weighted by Gasteiger charge is -2.09. The molecule has 0 amide bonds. The molecule has 1 aromatic heterocycles. The maximum atomic E-state index is 11.9. The van der Waals surface area contributed by atoms with Crippen LogP contribution in [-0.2, 0) is 13.0 Å². The zero-order valence-corrected chi connectivity index (χ0v) is 12.4. The second-order valence-corrected chi connectivity index (χ2v) is 5.31. The summed E-state index contributed by atoms with van der Waals surface area (Å²) in [5.74, 6) is 0.737. The van der Waals surface area contributed by atoms with Crippen molar-refractivity contribution in [2.75, 3.05) is 5.73 Å². The first kappa shape index (κ1) is 13.8. The number of rotatable bonds is 4. The molecule has 0 bridgehead atoms. The highest BCUT2D eigenvalue weighted by Crippen LogP contribution is 2.09. The van der Waals surface area contributed by atoms with Gasteiger partial charge in [-0.2, -0.15) is 0 Å². The van der Waals surface area contributed by atoms with E-state index in [1.54, 1.807) is 10.8 Å². The van der Waals surface area contributed by atoms with Crippen LogP contribution in [0.2, 0.25) is 0 Å². The number of nitrogens with two attached hydrogens (primary N) is 1. The van der Waals surface area contributed by atoms with E-state index in [-0.39, 0.29) is 5.56 Å². The predicted molar refractivity (Wildman–Crippen MR) is 80.1 cm³/mol. The highest BCUT2D eigenvalue weighted by atomic mass is 79.9. The normalized spacial score (nSPS) is 10.6. The Morgan fingerprint density at radius 3 is 2.95 bits per heavy atom. The zero-order chi connectivity index (χ0) is 13.8. The van der Waals surface area contributed by atoms with Crippen LogP contribution in [-0.4, -0.2) is 9.55 Å². The van der Waals surface area contributed by atoms with E-state index in [1.807, 2.05) is 31.2 Å². The van der Waals surface area contributed by atoms with Crippen LogP contribution < -0.4 is 11.3 Å². The van der Waals surface area contributed by atoms with Crippen molar-refractivity contribution in [1.29, 1.82) is 0 Å². The van der Waals surface area contributed by atoms with Gasteiger partial charge in [0.2, 0.25) is 0 Å². The topological polar surface area (TPSA) is 60.9 Å². The van der Waals surface area contributed by atoms with Gasteiger partial charge >= 0.3 is 0 Å². The van der Waals surface area contributed by atoms with E-state index < -0.39 is 0 Å². The number of aryl methyl sites for hydroxylation is 2. The molecular formula is C14H16BrN3O. The Balaban J connectivity index is 2.04. The van der Waals surface area contributed by atoms with Gasteiger partial charge in [-0.05, 0) is 53.4 Å². The van der Waals surface area contributed by atoms with Crippen LogP contribution in [0, 0.1) is 6.92 Å². The summed E-state index contributed by atoms with van der Waals surface area (Å²) in [6.45, 7) is 2.50. The third kappa shape index (κ3) is 3.44. The number of nitrogen functional groups attached to an aromatic ring is 1. The Kier molecular flexibility index (Phi) is 4.37. The van der Waals surface area contributed by atoms with Crippen molar-refractivity contribution in [3.8, 4) is 0 Å². The smallest absolute Gasteiger partial charge is 0.267 e. The van der Waals surface area contributed by atoms with Crippen LogP contribution in [0.3, 0.4) is 0 Å². The summed E-state index contributed by atoms with van der Waals surface area (Å²) in [6.07, 6.45) is 3.32. The second-order valence-electron chi connectivity index (χ2n) is 4.46. The zero-order valence-electron chi connectivity index (χ0n) is 10.8. The van der Waals surface area contributed by atoms with E-state index in [9.17, 15) is 4.79 Å². The Hall–Kier alpha value is -1.62. The minimum Gasteiger partial charge on any atom is -0.399 e. The molecule has 0 saturated heterocycles. The van der Waals surface area contributed by atoms with E-state index in [1.165, 1.54) is 5.56 Å².